The van der Waals surface area contributed by atoms with E-state index in [0.717, 1.165) is 13.7 Å². The van der Waals surface area contributed by atoms with Crippen molar-refractivity contribution < 1.29 is 14.3 Å². The Hall–Kier alpha value is -1.39. The van der Waals surface area contributed by atoms with Crippen molar-refractivity contribution in [3.05, 3.63) is 50.0 Å². The van der Waals surface area contributed by atoms with Gasteiger partial charge in [-0.3, -0.25) is 10.1 Å². The van der Waals surface area contributed by atoms with Gasteiger partial charge in [-0.05, 0) is 65.1 Å². The first kappa shape index (κ1) is 18.9. The van der Waals surface area contributed by atoms with Gasteiger partial charge in [-0.25, -0.2) is 0 Å². The molecule has 0 saturated carbocycles. The number of nitrogens with one attached hydrogen (secondary N) is 2. The molecule has 0 heterocycles. The molecule has 0 aliphatic carbocycles. The molecular weight excluding hydrogens is 507 g/mol. The van der Waals surface area contributed by atoms with Crippen molar-refractivity contribution in [2.75, 3.05) is 19.5 Å². The van der Waals surface area contributed by atoms with E-state index in [1.807, 2.05) is 18.2 Å². The van der Waals surface area contributed by atoms with E-state index in [1.54, 1.807) is 18.2 Å². The molecule has 5 nitrogen and oxygen atoms in total. The zero-order chi connectivity index (χ0) is 17.7. The Bertz CT molecular complexity index is 764. The maximum Gasteiger partial charge on any atom is 0.257 e. The average Bonchev–Trinajstić information content (AvgIpc) is 2.56. The summed E-state index contributed by atoms with van der Waals surface area (Å²) < 4.78 is 12.3. The van der Waals surface area contributed by atoms with Crippen LogP contribution < -0.4 is 20.1 Å². The van der Waals surface area contributed by atoms with Gasteiger partial charge < -0.3 is 14.8 Å². The predicted octanol–water partition coefficient (Wildman–Crippen LogP) is 4.20. The number of rotatable bonds is 4. The molecule has 0 atom stereocenters. The van der Waals surface area contributed by atoms with Crippen LogP contribution in [0.15, 0.2) is 40.9 Å². The van der Waals surface area contributed by atoms with Crippen molar-refractivity contribution >= 4 is 67.4 Å². The van der Waals surface area contributed by atoms with Gasteiger partial charge in [0, 0.05) is 19.7 Å². The van der Waals surface area contributed by atoms with Gasteiger partial charge in [-0.15, -0.1) is 0 Å². The monoisotopic (exact) mass is 520 g/mol. The maximum absolute atomic E-state index is 12.4. The molecule has 8 heteroatoms. The van der Waals surface area contributed by atoms with Gasteiger partial charge in [0.25, 0.3) is 5.91 Å². The summed E-state index contributed by atoms with van der Waals surface area (Å²) in [6.45, 7) is 0. The standard InChI is InChI=1S/C16H14BrIN2O3S/c1-22-11-5-9(6-12(8-11)23-2)15(21)20-16(24)19-14-4-3-10(17)7-13(14)18/h3-8H,1-2H3,(H2,19,20,21,24). The molecule has 1 amide bonds. The van der Waals surface area contributed by atoms with Crippen molar-refractivity contribution in [3.8, 4) is 11.5 Å². The third-order valence-electron chi connectivity index (χ3n) is 3.02. The minimum atomic E-state index is -0.350. The van der Waals surface area contributed by atoms with Crippen LogP contribution >= 0.6 is 50.7 Å². The molecule has 0 spiro atoms. The highest BCUT2D eigenvalue weighted by Crippen LogP contribution is 2.23. The molecule has 0 unspecified atom stereocenters. The Kier molecular flexibility index (Phi) is 6.81. The third kappa shape index (κ3) is 5.05. The summed E-state index contributed by atoms with van der Waals surface area (Å²) in [6, 6.07) is 10.6. The van der Waals surface area contributed by atoms with Gasteiger partial charge in [0.05, 0.1) is 19.9 Å². The largest absolute Gasteiger partial charge is 0.497 e. The lowest BCUT2D eigenvalue weighted by Gasteiger charge is -2.12. The first-order chi connectivity index (χ1) is 11.4. The van der Waals surface area contributed by atoms with Crippen molar-refractivity contribution in [2.24, 2.45) is 0 Å². The molecule has 0 aliphatic rings. The van der Waals surface area contributed by atoms with Gasteiger partial charge >= 0.3 is 0 Å². The van der Waals surface area contributed by atoms with Gasteiger partial charge in [0.15, 0.2) is 5.11 Å². The molecule has 0 aromatic heterocycles. The topological polar surface area (TPSA) is 59.6 Å². The normalized spacial score (nSPS) is 10.0. The number of hydrogen-bond donors (Lipinski definition) is 2. The third-order valence-corrected chi connectivity index (χ3v) is 4.61. The van der Waals surface area contributed by atoms with Crippen LogP contribution in [0.5, 0.6) is 11.5 Å². The van der Waals surface area contributed by atoms with Crippen LogP contribution in [0.2, 0.25) is 0 Å². The van der Waals surface area contributed by atoms with Crippen molar-refractivity contribution in [1.82, 2.24) is 5.32 Å². The van der Waals surface area contributed by atoms with E-state index in [0.29, 0.717) is 17.1 Å². The second kappa shape index (κ2) is 8.63. The number of methoxy groups -OCH3 is 2. The van der Waals surface area contributed by atoms with Crippen molar-refractivity contribution in [2.45, 2.75) is 0 Å². The first-order valence-corrected chi connectivity index (χ1v) is 9.01. The maximum atomic E-state index is 12.4. The molecule has 0 radical (unpaired) electrons. The Morgan fingerprint density at radius 1 is 1.12 bits per heavy atom. The highest BCUT2D eigenvalue weighted by atomic mass is 127. The summed E-state index contributed by atoms with van der Waals surface area (Å²) in [7, 11) is 3.05. The molecule has 0 fully saturated rings. The fourth-order valence-electron chi connectivity index (χ4n) is 1.86. The van der Waals surface area contributed by atoms with Crippen LogP contribution in [0.3, 0.4) is 0 Å². The Morgan fingerprint density at radius 2 is 1.75 bits per heavy atom. The van der Waals surface area contributed by atoms with E-state index >= 15 is 0 Å². The van der Waals surface area contributed by atoms with Crippen LogP contribution in [0.4, 0.5) is 5.69 Å². The van der Waals surface area contributed by atoms with Crippen molar-refractivity contribution in [1.29, 1.82) is 0 Å². The van der Waals surface area contributed by atoms with Crippen LogP contribution in [0.25, 0.3) is 0 Å². The lowest BCUT2D eigenvalue weighted by Crippen LogP contribution is -2.34. The van der Waals surface area contributed by atoms with Gasteiger partial charge in [-0.2, -0.15) is 0 Å². The number of thiocarbonyl (C=S) groups is 1. The summed E-state index contributed by atoms with van der Waals surface area (Å²) in [5.41, 5.74) is 1.20. The quantitative estimate of drug-likeness (QED) is 0.467. The Balaban J connectivity index is 2.10. The zero-order valence-electron chi connectivity index (χ0n) is 12.9. The molecule has 24 heavy (non-hydrogen) atoms. The molecule has 0 bridgehead atoms. The fourth-order valence-corrected chi connectivity index (χ4v) is 3.50. The SMILES string of the molecule is COc1cc(OC)cc(C(=O)NC(=S)Nc2ccc(Br)cc2I)c1. The number of benzene rings is 2. The lowest BCUT2D eigenvalue weighted by molar-refractivity contribution is 0.0977. The highest BCUT2D eigenvalue weighted by Gasteiger charge is 2.12. The van der Waals surface area contributed by atoms with E-state index in [9.17, 15) is 4.79 Å². The minimum absolute atomic E-state index is 0.210. The van der Waals surface area contributed by atoms with E-state index < -0.39 is 0 Å². The molecule has 2 N–H and O–H groups in total. The summed E-state index contributed by atoms with van der Waals surface area (Å²) in [4.78, 5) is 12.4. The summed E-state index contributed by atoms with van der Waals surface area (Å²) in [6.07, 6.45) is 0. The molecule has 126 valence electrons. The summed E-state index contributed by atoms with van der Waals surface area (Å²) >= 11 is 10.8. The van der Waals surface area contributed by atoms with Crippen LogP contribution in [0.1, 0.15) is 10.4 Å². The Morgan fingerprint density at radius 3 is 2.29 bits per heavy atom. The number of carbonyl (C=O) groups excluding carboxylic acids is 1. The smallest absolute Gasteiger partial charge is 0.257 e. The highest BCUT2D eigenvalue weighted by molar-refractivity contribution is 14.1. The lowest BCUT2D eigenvalue weighted by atomic mass is 10.2. The van der Waals surface area contributed by atoms with Gasteiger partial charge in [0.1, 0.15) is 11.5 Å². The molecular formula is C16H14BrIN2O3S. The van der Waals surface area contributed by atoms with Gasteiger partial charge in [-0.1, -0.05) is 15.9 Å². The molecule has 0 aliphatic heterocycles. The predicted molar refractivity (Wildman–Crippen MR) is 110 cm³/mol. The molecule has 0 saturated heterocycles. The number of carbonyl (C=O) groups is 1. The van der Waals surface area contributed by atoms with E-state index in [4.69, 9.17) is 21.7 Å². The van der Waals surface area contributed by atoms with Crippen LogP contribution in [0, 0.1) is 3.57 Å². The van der Waals surface area contributed by atoms with E-state index in [-0.39, 0.29) is 11.0 Å². The molecule has 2 aromatic carbocycles. The van der Waals surface area contributed by atoms with Gasteiger partial charge in [0.2, 0.25) is 0 Å². The molecule has 2 aromatic rings. The second-order valence-corrected chi connectivity index (χ2v) is 7.12. The number of hydrogen-bond acceptors (Lipinski definition) is 4. The number of amides is 1. The van der Waals surface area contributed by atoms with E-state index in [2.05, 4.69) is 49.2 Å². The van der Waals surface area contributed by atoms with Crippen LogP contribution in [-0.4, -0.2) is 25.2 Å². The molecule has 2 rings (SSSR count). The second-order valence-electron chi connectivity index (χ2n) is 4.63. The zero-order valence-corrected chi connectivity index (χ0v) is 17.4. The first-order valence-electron chi connectivity index (χ1n) is 6.73. The van der Waals surface area contributed by atoms with E-state index in [1.165, 1.54) is 14.2 Å². The summed E-state index contributed by atoms with van der Waals surface area (Å²) in [5, 5.41) is 5.86. The summed E-state index contributed by atoms with van der Waals surface area (Å²) in [5.74, 6) is 0.707. The van der Waals surface area contributed by atoms with Crippen molar-refractivity contribution in [3.63, 3.8) is 0 Å². The average molecular weight is 521 g/mol. The number of anilines is 1. The minimum Gasteiger partial charge on any atom is -0.497 e. The fraction of sp³-hybridized carbons (Fsp3) is 0.125. The van der Waals surface area contributed by atoms with Crippen LogP contribution in [-0.2, 0) is 0 Å². The Labute approximate surface area is 167 Å². The number of ether oxygens (including phenoxy) is 2. The number of halogens is 2.